The molecule has 0 spiro atoms. The van der Waals surface area contributed by atoms with E-state index in [1.807, 2.05) is 66.5 Å². The zero-order valence-electron chi connectivity index (χ0n) is 12.7. The van der Waals surface area contributed by atoms with E-state index in [1.54, 1.807) is 0 Å². The smallest absolute Gasteiger partial charge is 0.239 e. The van der Waals surface area contributed by atoms with E-state index in [9.17, 15) is 4.79 Å². The Labute approximate surface area is 130 Å². The summed E-state index contributed by atoms with van der Waals surface area (Å²) in [6.07, 6.45) is 0.816. The lowest BCUT2D eigenvalue weighted by Gasteiger charge is -2.27. The summed E-state index contributed by atoms with van der Waals surface area (Å²) in [5.74, 6) is 0.939. The number of benzene rings is 2. The van der Waals surface area contributed by atoms with Gasteiger partial charge in [0.2, 0.25) is 5.91 Å². The van der Waals surface area contributed by atoms with E-state index >= 15 is 0 Å². The van der Waals surface area contributed by atoms with E-state index in [0.717, 1.165) is 23.4 Å². The maximum atomic E-state index is 12.2. The Morgan fingerprint density at radius 3 is 2.73 bits per heavy atom. The molecule has 2 aromatic rings. The molecule has 22 heavy (non-hydrogen) atoms. The van der Waals surface area contributed by atoms with Crippen LogP contribution in [0.2, 0.25) is 0 Å². The summed E-state index contributed by atoms with van der Waals surface area (Å²) in [6, 6.07) is 17.9. The molecule has 3 rings (SSSR count). The van der Waals surface area contributed by atoms with E-state index in [4.69, 9.17) is 4.74 Å². The number of carbonyl (C=O) groups is 1. The van der Waals surface area contributed by atoms with Gasteiger partial charge in [0.15, 0.2) is 0 Å². The van der Waals surface area contributed by atoms with Crippen molar-refractivity contribution in [1.29, 1.82) is 0 Å². The molecule has 0 aliphatic carbocycles. The molecule has 0 radical (unpaired) electrons. The quantitative estimate of drug-likeness (QED) is 0.941. The molecule has 4 heteroatoms. The van der Waals surface area contributed by atoms with Crippen molar-refractivity contribution in [1.82, 2.24) is 5.32 Å². The first-order valence-corrected chi connectivity index (χ1v) is 7.48. The van der Waals surface area contributed by atoms with Crippen molar-refractivity contribution >= 4 is 11.6 Å². The van der Waals surface area contributed by atoms with Crippen LogP contribution in [0.5, 0.6) is 5.75 Å². The van der Waals surface area contributed by atoms with Gasteiger partial charge in [0, 0.05) is 12.7 Å². The third kappa shape index (κ3) is 3.39. The number of nitrogens with one attached hydrogen (secondary N) is 1. The third-order valence-corrected chi connectivity index (χ3v) is 3.82. The fourth-order valence-corrected chi connectivity index (χ4v) is 2.68. The second-order valence-electron chi connectivity index (χ2n) is 5.58. The maximum Gasteiger partial charge on any atom is 0.239 e. The Balaban J connectivity index is 1.55. The monoisotopic (exact) mass is 296 g/mol. The van der Waals surface area contributed by atoms with E-state index in [-0.39, 0.29) is 11.9 Å². The summed E-state index contributed by atoms with van der Waals surface area (Å²) in [6.45, 7) is 0.861. The molecule has 1 amide bonds. The fraction of sp³-hybridized carbons (Fsp3) is 0.278. The van der Waals surface area contributed by atoms with Crippen LogP contribution >= 0.6 is 0 Å². The summed E-state index contributed by atoms with van der Waals surface area (Å²) in [4.78, 5) is 14.1. The lowest BCUT2D eigenvalue weighted by Crippen LogP contribution is -2.46. The van der Waals surface area contributed by atoms with Crippen molar-refractivity contribution in [3.63, 3.8) is 0 Å². The Hall–Kier alpha value is -2.49. The topological polar surface area (TPSA) is 41.6 Å². The van der Waals surface area contributed by atoms with Crippen molar-refractivity contribution in [3.8, 4) is 5.75 Å². The lowest BCUT2D eigenvalue weighted by molar-refractivity contribution is -0.120. The van der Waals surface area contributed by atoms with Gasteiger partial charge in [0.25, 0.3) is 0 Å². The number of likely N-dealkylation sites (N-methyl/N-ethyl adjacent to an activating group) is 1. The maximum absolute atomic E-state index is 12.2. The largest absolute Gasteiger partial charge is 0.491 e. The van der Waals surface area contributed by atoms with Crippen LogP contribution in [0.4, 0.5) is 5.69 Å². The molecule has 1 heterocycles. The second kappa shape index (κ2) is 6.52. The van der Waals surface area contributed by atoms with Crippen LogP contribution in [0.25, 0.3) is 0 Å². The van der Waals surface area contributed by atoms with Gasteiger partial charge in [0.05, 0.1) is 12.6 Å². The number of para-hydroxylation sites is 2. The second-order valence-corrected chi connectivity index (χ2v) is 5.58. The average molecular weight is 296 g/mol. The number of carbonyl (C=O) groups excluding carboxylic acids is 1. The Kier molecular flexibility index (Phi) is 4.28. The van der Waals surface area contributed by atoms with E-state index in [2.05, 4.69) is 5.32 Å². The summed E-state index contributed by atoms with van der Waals surface area (Å²) in [7, 11) is 1.92. The van der Waals surface area contributed by atoms with Gasteiger partial charge in [-0.1, -0.05) is 36.4 Å². The van der Waals surface area contributed by atoms with Crippen LogP contribution in [0.15, 0.2) is 54.6 Å². The molecule has 0 aromatic heterocycles. The predicted molar refractivity (Wildman–Crippen MR) is 87.3 cm³/mol. The standard InChI is InChI=1S/C18H20N2O2/c1-20(16-8-3-2-4-9-16)12-18(21)19-15-11-14-7-5-6-10-17(14)22-13-15/h2-10,15H,11-13H2,1H3,(H,19,21). The molecule has 0 saturated carbocycles. The van der Waals surface area contributed by atoms with Crippen molar-refractivity contribution < 1.29 is 9.53 Å². The minimum atomic E-state index is 0.0133. The van der Waals surface area contributed by atoms with Gasteiger partial charge in [-0.3, -0.25) is 4.79 Å². The molecule has 1 aliphatic heterocycles. The van der Waals surface area contributed by atoms with Gasteiger partial charge in [-0.25, -0.2) is 0 Å². The molecule has 2 aromatic carbocycles. The number of rotatable bonds is 4. The molecule has 1 aliphatic rings. The molecular formula is C18H20N2O2. The number of amides is 1. The first kappa shape index (κ1) is 14.4. The van der Waals surface area contributed by atoms with Crippen LogP contribution in [-0.2, 0) is 11.2 Å². The van der Waals surface area contributed by atoms with Gasteiger partial charge >= 0.3 is 0 Å². The molecule has 114 valence electrons. The van der Waals surface area contributed by atoms with Crippen LogP contribution in [0.1, 0.15) is 5.56 Å². The molecule has 1 unspecified atom stereocenters. The molecule has 0 saturated heterocycles. The number of ether oxygens (including phenoxy) is 1. The van der Waals surface area contributed by atoms with Crippen LogP contribution in [-0.4, -0.2) is 32.1 Å². The van der Waals surface area contributed by atoms with Gasteiger partial charge in [-0.05, 0) is 30.2 Å². The molecular weight excluding hydrogens is 276 g/mol. The highest BCUT2D eigenvalue weighted by Gasteiger charge is 2.21. The minimum Gasteiger partial charge on any atom is -0.491 e. The summed E-state index contributed by atoms with van der Waals surface area (Å²) in [5, 5.41) is 3.05. The highest BCUT2D eigenvalue weighted by molar-refractivity contribution is 5.81. The van der Waals surface area contributed by atoms with Crippen LogP contribution < -0.4 is 15.0 Å². The highest BCUT2D eigenvalue weighted by Crippen LogP contribution is 2.23. The number of hydrogen-bond donors (Lipinski definition) is 1. The Morgan fingerprint density at radius 2 is 1.91 bits per heavy atom. The van der Waals surface area contributed by atoms with Gasteiger partial charge in [0.1, 0.15) is 12.4 Å². The SMILES string of the molecule is CN(CC(=O)NC1COc2ccccc2C1)c1ccccc1. The van der Waals surface area contributed by atoms with Crippen LogP contribution in [0, 0.1) is 0 Å². The Bertz CT molecular complexity index is 643. The average Bonchev–Trinajstić information content (AvgIpc) is 2.55. The predicted octanol–water partition coefficient (Wildman–Crippen LogP) is 2.24. The molecule has 4 nitrogen and oxygen atoms in total. The number of fused-ring (bicyclic) bond motifs is 1. The summed E-state index contributed by atoms with van der Waals surface area (Å²) >= 11 is 0. The minimum absolute atomic E-state index is 0.0133. The summed E-state index contributed by atoms with van der Waals surface area (Å²) in [5.41, 5.74) is 2.18. The van der Waals surface area contributed by atoms with Crippen molar-refractivity contribution in [2.45, 2.75) is 12.5 Å². The fourth-order valence-electron chi connectivity index (χ4n) is 2.68. The number of nitrogens with zero attached hydrogens (tertiary/aromatic N) is 1. The van der Waals surface area contributed by atoms with E-state index in [0.29, 0.717) is 13.2 Å². The zero-order valence-corrected chi connectivity index (χ0v) is 12.7. The number of anilines is 1. The first-order chi connectivity index (χ1) is 10.7. The van der Waals surface area contributed by atoms with E-state index < -0.39 is 0 Å². The molecule has 1 atom stereocenters. The van der Waals surface area contributed by atoms with Crippen LogP contribution in [0.3, 0.4) is 0 Å². The number of hydrogen-bond acceptors (Lipinski definition) is 3. The molecule has 0 fully saturated rings. The van der Waals surface area contributed by atoms with Gasteiger partial charge in [-0.2, -0.15) is 0 Å². The van der Waals surface area contributed by atoms with Crippen molar-refractivity contribution in [2.24, 2.45) is 0 Å². The highest BCUT2D eigenvalue weighted by atomic mass is 16.5. The first-order valence-electron chi connectivity index (χ1n) is 7.48. The molecule has 1 N–H and O–H groups in total. The van der Waals surface area contributed by atoms with E-state index in [1.165, 1.54) is 0 Å². The normalized spacial score (nSPS) is 16.3. The summed E-state index contributed by atoms with van der Waals surface area (Å²) < 4.78 is 5.70. The Morgan fingerprint density at radius 1 is 1.18 bits per heavy atom. The van der Waals surface area contributed by atoms with Crippen molar-refractivity contribution in [2.75, 3.05) is 25.1 Å². The molecule has 0 bridgehead atoms. The lowest BCUT2D eigenvalue weighted by atomic mass is 10.0. The van der Waals surface area contributed by atoms with Crippen molar-refractivity contribution in [3.05, 3.63) is 60.2 Å². The third-order valence-electron chi connectivity index (χ3n) is 3.82. The van der Waals surface area contributed by atoms with Gasteiger partial charge in [-0.15, -0.1) is 0 Å². The van der Waals surface area contributed by atoms with Gasteiger partial charge < -0.3 is 15.0 Å². The zero-order chi connectivity index (χ0) is 15.4.